The number of rotatable bonds is 8. The quantitative estimate of drug-likeness (QED) is 0.219. The highest BCUT2D eigenvalue weighted by Gasteiger charge is 2.34. The van der Waals surface area contributed by atoms with Crippen LogP contribution < -0.4 is 8.92 Å². The van der Waals surface area contributed by atoms with Gasteiger partial charge in [0.05, 0.1) is 15.9 Å². The van der Waals surface area contributed by atoms with Gasteiger partial charge in [-0.15, -0.1) is 0 Å². The maximum absolute atomic E-state index is 12.8. The molecule has 7 nitrogen and oxygen atoms in total. The van der Waals surface area contributed by atoms with E-state index in [1.165, 1.54) is 30.3 Å². The fourth-order valence-electron chi connectivity index (χ4n) is 3.18. The van der Waals surface area contributed by atoms with Crippen LogP contribution in [0.1, 0.15) is 11.1 Å². The summed E-state index contributed by atoms with van der Waals surface area (Å²) >= 11 is 9.95. The van der Waals surface area contributed by atoms with Crippen LogP contribution in [0.3, 0.4) is 0 Å². The van der Waals surface area contributed by atoms with Crippen LogP contribution in [0.5, 0.6) is 11.5 Å². The highest BCUT2D eigenvalue weighted by molar-refractivity contribution is 9.10. The molecule has 3 aromatic carbocycles. The molecule has 2 amide bonds. The molecule has 0 spiro atoms. The zero-order valence-electron chi connectivity index (χ0n) is 18.8. The molecule has 1 saturated heterocycles. The third kappa shape index (κ3) is 6.31. The second-order valence-corrected chi connectivity index (χ2v) is 11.5. The predicted octanol–water partition coefficient (Wildman–Crippen LogP) is 6.29. The largest absolute Gasteiger partial charge is 0.492 e. The van der Waals surface area contributed by atoms with Crippen molar-refractivity contribution in [3.8, 4) is 11.5 Å². The Morgan fingerprint density at radius 3 is 2.39 bits per heavy atom. The average Bonchev–Trinajstić information content (AvgIpc) is 3.09. The van der Waals surface area contributed by atoms with Crippen molar-refractivity contribution < 1.29 is 26.9 Å². The summed E-state index contributed by atoms with van der Waals surface area (Å²) < 4.78 is 36.3. The first-order valence-corrected chi connectivity index (χ1v) is 14.0. The first-order chi connectivity index (χ1) is 17.1. The molecule has 4 rings (SSSR count). The highest BCUT2D eigenvalue weighted by Crippen LogP contribution is 2.34. The molecule has 0 saturated carbocycles. The Kier molecular flexibility index (Phi) is 8.09. The van der Waals surface area contributed by atoms with Gasteiger partial charge in [-0.1, -0.05) is 35.4 Å². The molecule has 0 N–H and O–H groups in total. The van der Waals surface area contributed by atoms with Gasteiger partial charge in [-0.05, 0) is 94.8 Å². The molecule has 0 bridgehead atoms. The number of carbonyl (C=O) groups is 2. The normalized spacial score (nSPS) is 15.0. The van der Waals surface area contributed by atoms with Gasteiger partial charge in [-0.2, -0.15) is 8.42 Å². The fraction of sp³-hybridized carbons (Fsp3) is 0.120. The fourth-order valence-corrected chi connectivity index (χ4v) is 5.70. The van der Waals surface area contributed by atoms with Gasteiger partial charge in [-0.25, -0.2) is 0 Å². The Morgan fingerprint density at radius 2 is 1.72 bits per heavy atom. The van der Waals surface area contributed by atoms with Crippen molar-refractivity contribution in [1.82, 2.24) is 4.90 Å². The Hall–Kier alpha value is -2.79. The number of ether oxygens (including phenoxy) is 1. The Bertz CT molecular complexity index is 1440. The summed E-state index contributed by atoms with van der Waals surface area (Å²) in [5.41, 5.74) is 1.69. The molecule has 1 fully saturated rings. The van der Waals surface area contributed by atoms with Crippen LogP contribution in [0.15, 0.2) is 81.0 Å². The van der Waals surface area contributed by atoms with Gasteiger partial charge in [0.15, 0.2) is 5.75 Å². The van der Waals surface area contributed by atoms with Crippen LogP contribution in [0, 0.1) is 6.92 Å². The van der Waals surface area contributed by atoms with Gasteiger partial charge in [0.25, 0.3) is 11.1 Å². The lowest BCUT2D eigenvalue weighted by Crippen LogP contribution is -2.32. The van der Waals surface area contributed by atoms with Gasteiger partial charge < -0.3 is 8.92 Å². The van der Waals surface area contributed by atoms with Gasteiger partial charge in [0.1, 0.15) is 17.3 Å². The van der Waals surface area contributed by atoms with Crippen molar-refractivity contribution in [3.05, 3.63) is 92.3 Å². The first kappa shape index (κ1) is 26.3. The summed E-state index contributed by atoms with van der Waals surface area (Å²) in [6, 6.07) is 17.7. The molecule has 0 aliphatic carbocycles. The van der Waals surface area contributed by atoms with E-state index in [2.05, 4.69) is 15.9 Å². The number of halogens is 2. The van der Waals surface area contributed by atoms with E-state index in [1.54, 1.807) is 18.2 Å². The maximum atomic E-state index is 12.8. The molecule has 11 heteroatoms. The minimum atomic E-state index is -4.07. The first-order valence-electron chi connectivity index (χ1n) is 10.6. The van der Waals surface area contributed by atoms with E-state index in [0.717, 1.165) is 22.2 Å². The number of thioether (sulfide) groups is 1. The summed E-state index contributed by atoms with van der Waals surface area (Å²) in [4.78, 5) is 26.5. The number of imide groups is 1. The number of aryl methyl sites for hydroxylation is 1. The van der Waals surface area contributed by atoms with E-state index in [1.807, 2.05) is 31.2 Å². The molecule has 0 aromatic heterocycles. The molecule has 36 heavy (non-hydrogen) atoms. The zero-order chi connectivity index (χ0) is 25.9. The van der Waals surface area contributed by atoms with Crippen molar-refractivity contribution in [2.24, 2.45) is 0 Å². The predicted molar refractivity (Wildman–Crippen MR) is 143 cm³/mol. The van der Waals surface area contributed by atoms with Crippen molar-refractivity contribution in [3.63, 3.8) is 0 Å². The number of hydrogen-bond acceptors (Lipinski definition) is 7. The Balaban J connectivity index is 1.41. The van der Waals surface area contributed by atoms with Crippen LogP contribution in [-0.2, 0) is 14.9 Å². The summed E-state index contributed by atoms with van der Waals surface area (Å²) in [6.07, 6.45) is 1.56. The van der Waals surface area contributed by atoms with Gasteiger partial charge in [0, 0.05) is 5.02 Å². The molecule has 0 unspecified atom stereocenters. The SMILES string of the molecule is Cc1ccc(OCCN2C(=O)S/C(=C\c3ccc(OS(=O)(=O)c4ccc(Cl)cc4)c(Br)c3)C2=O)cc1. The monoisotopic (exact) mass is 607 g/mol. The smallest absolute Gasteiger partial charge is 0.339 e. The van der Waals surface area contributed by atoms with Gasteiger partial charge in [0.2, 0.25) is 0 Å². The topological polar surface area (TPSA) is 90.0 Å². The molecule has 0 radical (unpaired) electrons. The summed E-state index contributed by atoms with van der Waals surface area (Å²) in [7, 11) is -4.07. The molecular weight excluding hydrogens is 590 g/mol. The third-order valence-electron chi connectivity index (χ3n) is 5.03. The van der Waals surface area contributed by atoms with E-state index >= 15 is 0 Å². The molecule has 1 aliphatic rings. The van der Waals surface area contributed by atoms with E-state index in [4.69, 9.17) is 20.5 Å². The van der Waals surface area contributed by atoms with Crippen molar-refractivity contribution in [2.75, 3.05) is 13.2 Å². The summed E-state index contributed by atoms with van der Waals surface area (Å²) in [6.45, 7) is 2.27. The van der Waals surface area contributed by atoms with Crippen LogP contribution in [-0.4, -0.2) is 37.6 Å². The van der Waals surface area contributed by atoms with Crippen LogP contribution in [0.4, 0.5) is 4.79 Å². The van der Waals surface area contributed by atoms with Crippen LogP contribution in [0.2, 0.25) is 5.02 Å². The lowest BCUT2D eigenvalue weighted by atomic mass is 10.2. The number of benzene rings is 3. The minimum absolute atomic E-state index is 0.0390. The van der Waals surface area contributed by atoms with Crippen molar-refractivity contribution >= 4 is 66.6 Å². The van der Waals surface area contributed by atoms with E-state index in [9.17, 15) is 18.0 Å². The summed E-state index contributed by atoms with van der Waals surface area (Å²) in [5.74, 6) is 0.316. The lowest BCUT2D eigenvalue weighted by molar-refractivity contribution is -0.123. The molecule has 3 aromatic rings. The number of carbonyl (C=O) groups excluding carboxylic acids is 2. The van der Waals surface area contributed by atoms with Gasteiger partial charge in [-0.3, -0.25) is 14.5 Å². The number of hydrogen-bond donors (Lipinski definition) is 0. The van der Waals surface area contributed by atoms with Gasteiger partial charge >= 0.3 is 10.1 Å². The van der Waals surface area contributed by atoms with E-state index in [-0.39, 0.29) is 33.9 Å². The maximum Gasteiger partial charge on any atom is 0.339 e. The third-order valence-corrected chi connectivity index (χ3v) is 8.06. The van der Waals surface area contributed by atoms with E-state index < -0.39 is 16.0 Å². The minimum Gasteiger partial charge on any atom is -0.492 e. The number of amides is 2. The van der Waals surface area contributed by atoms with Crippen LogP contribution >= 0.6 is 39.3 Å². The zero-order valence-corrected chi connectivity index (χ0v) is 22.8. The molecule has 0 atom stereocenters. The molecule has 186 valence electrons. The van der Waals surface area contributed by atoms with Crippen molar-refractivity contribution in [1.29, 1.82) is 0 Å². The van der Waals surface area contributed by atoms with Crippen LogP contribution in [0.25, 0.3) is 6.08 Å². The second-order valence-electron chi connectivity index (χ2n) is 7.68. The standard InChI is InChI=1S/C25H19BrClNO6S2/c1-16-2-7-19(8-3-16)33-13-12-28-24(29)23(35-25(28)30)15-17-4-11-22(21(26)14-17)34-36(31,32)20-9-5-18(27)6-10-20/h2-11,14-15H,12-13H2,1H3/b23-15-. The molecule has 1 aliphatic heterocycles. The highest BCUT2D eigenvalue weighted by atomic mass is 79.9. The van der Waals surface area contributed by atoms with Crippen molar-refractivity contribution in [2.45, 2.75) is 11.8 Å². The lowest BCUT2D eigenvalue weighted by Gasteiger charge is -2.13. The molecular formula is C25H19BrClNO6S2. The Morgan fingerprint density at radius 1 is 1.03 bits per heavy atom. The number of nitrogens with zero attached hydrogens (tertiary/aromatic N) is 1. The average molecular weight is 609 g/mol. The summed E-state index contributed by atoms with van der Waals surface area (Å²) in [5, 5.41) is 0.0227. The Labute approximate surface area is 226 Å². The van der Waals surface area contributed by atoms with E-state index in [0.29, 0.717) is 20.8 Å². The molecule has 1 heterocycles. The second kappa shape index (κ2) is 11.1.